The van der Waals surface area contributed by atoms with Gasteiger partial charge in [0.1, 0.15) is 0 Å². The lowest BCUT2D eigenvalue weighted by Gasteiger charge is -2.38. The second-order valence-corrected chi connectivity index (χ2v) is 7.82. The van der Waals surface area contributed by atoms with Gasteiger partial charge in [0.05, 0.1) is 11.6 Å². The van der Waals surface area contributed by atoms with Crippen LogP contribution in [0.5, 0.6) is 0 Å². The molecule has 0 aromatic heterocycles. The molecule has 1 aromatic rings. The fraction of sp³-hybridized carbons (Fsp3) is 0.579. The molecule has 1 unspecified atom stereocenters. The lowest BCUT2D eigenvalue weighted by molar-refractivity contribution is -0.137. The van der Waals surface area contributed by atoms with E-state index in [1.165, 1.54) is 17.0 Å². The molecule has 0 radical (unpaired) electrons. The van der Waals surface area contributed by atoms with E-state index in [4.69, 9.17) is 0 Å². The van der Waals surface area contributed by atoms with Crippen LogP contribution in [0.3, 0.4) is 0 Å². The second kappa shape index (κ2) is 7.88. The molecular weight excluding hydrogens is 359 g/mol. The number of amides is 2. The van der Waals surface area contributed by atoms with Gasteiger partial charge in [0, 0.05) is 37.3 Å². The number of alkyl halides is 3. The Balaban J connectivity index is 1.97. The number of rotatable bonds is 3. The Labute approximate surface area is 157 Å². The van der Waals surface area contributed by atoms with Crippen LogP contribution in [0, 0.1) is 0 Å². The standard InChI is InChI=1S/C19H26F3N3O2/c1-13(16(26)23-18(2,3)4)24-8-10-25(11-9-24)17(27)14-6-5-7-15(12-14)19(20,21)22/h5-7,12-13H,8-11H2,1-4H3,(H,23,26). The van der Waals surface area contributed by atoms with E-state index in [1.807, 2.05) is 32.6 Å². The number of hydrogen-bond acceptors (Lipinski definition) is 3. The van der Waals surface area contributed by atoms with Crippen LogP contribution in [0.2, 0.25) is 0 Å². The molecule has 0 bridgehead atoms. The molecule has 1 atom stereocenters. The van der Waals surface area contributed by atoms with E-state index in [2.05, 4.69) is 5.32 Å². The van der Waals surface area contributed by atoms with Crippen molar-refractivity contribution in [2.75, 3.05) is 26.2 Å². The minimum Gasteiger partial charge on any atom is -0.350 e. The van der Waals surface area contributed by atoms with Gasteiger partial charge < -0.3 is 10.2 Å². The zero-order valence-electron chi connectivity index (χ0n) is 16.1. The fourth-order valence-electron chi connectivity index (χ4n) is 2.96. The Bertz CT molecular complexity index is 690. The summed E-state index contributed by atoms with van der Waals surface area (Å²) in [4.78, 5) is 28.3. The zero-order valence-corrected chi connectivity index (χ0v) is 16.1. The van der Waals surface area contributed by atoms with E-state index in [0.29, 0.717) is 26.2 Å². The summed E-state index contributed by atoms with van der Waals surface area (Å²) in [6, 6.07) is 4.13. The third-order valence-electron chi connectivity index (χ3n) is 4.46. The Morgan fingerprint density at radius 2 is 1.67 bits per heavy atom. The molecule has 1 fully saturated rings. The fourth-order valence-corrected chi connectivity index (χ4v) is 2.96. The van der Waals surface area contributed by atoms with Crippen LogP contribution in [-0.2, 0) is 11.0 Å². The first-order valence-electron chi connectivity index (χ1n) is 8.91. The van der Waals surface area contributed by atoms with Crippen molar-refractivity contribution in [2.45, 2.75) is 45.5 Å². The summed E-state index contributed by atoms with van der Waals surface area (Å²) >= 11 is 0. The van der Waals surface area contributed by atoms with Crippen molar-refractivity contribution in [1.29, 1.82) is 0 Å². The van der Waals surface area contributed by atoms with Crippen molar-refractivity contribution >= 4 is 11.8 Å². The third-order valence-corrected chi connectivity index (χ3v) is 4.46. The molecule has 1 saturated heterocycles. The summed E-state index contributed by atoms with van der Waals surface area (Å²) in [5.41, 5.74) is -1.14. The predicted molar refractivity (Wildman–Crippen MR) is 96.3 cm³/mol. The van der Waals surface area contributed by atoms with Crippen LogP contribution in [0.15, 0.2) is 24.3 Å². The molecule has 1 aliphatic heterocycles. The van der Waals surface area contributed by atoms with Crippen molar-refractivity contribution in [3.63, 3.8) is 0 Å². The molecule has 8 heteroatoms. The van der Waals surface area contributed by atoms with Crippen LogP contribution in [-0.4, -0.2) is 59.4 Å². The molecule has 1 aromatic carbocycles. The molecule has 5 nitrogen and oxygen atoms in total. The van der Waals surface area contributed by atoms with Crippen molar-refractivity contribution < 1.29 is 22.8 Å². The normalized spacial score (nSPS) is 17.5. The van der Waals surface area contributed by atoms with Gasteiger partial charge >= 0.3 is 6.18 Å². The zero-order chi connectivity index (χ0) is 20.4. The van der Waals surface area contributed by atoms with E-state index >= 15 is 0 Å². The maximum Gasteiger partial charge on any atom is 0.416 e. The van der Waals surface area contributed by atoms with E-state index in [0.717, 1.165) is 12.1 Å². The highest BCUT2D eigenvalue weighted by atomic mass is 19.4. The number of hydrogen-bond donors (Lipinski definition) is 1. The van der Waals surface area contributed by atoms with Crippen molar-refractivity contribution in [3.8, 4) is 0 Å². The number of piperazine rings is 1. The summed E-state index contributed by atoms with van der Waals surface area (Å²) in [5, 5.41) is 2.93. The highest BCUT2D eigenvalue weighted by molar-refractivity contribution is 5.94. The van der Waals surface area contributed by atoms with E-state index in [9.17, 15) is 22.8 Å². The van der Waals surface area contributed by atoms with Crippen molar-refractivity contribution in [3.05, 3.63) is 35.4 Å². The molecule has 1 aliphatic rings. The number of benzene rings is 1. The van der Waals surface area contributed by atoms with Crippen molar-refractivity contribution in [2.24, 2.45) is 0 Å². The number of carbonyl (C=O) groups excluding carboxylic acids is 2. The molecule has 0 spiro atoms. The van der Waals surface area contributed by atoms with Gasteiger partial charge in [-0.15, -0.1) is 0 Å². The van der Waals surface area contributed by atoms with Crippen LogP contribution < -0.4 is 5.32 Å². The lowest BCUT2D eigenvalue weighted by atomic mass is 10.1. The summed E-state index contributed by atoms with van der Waals surface area (Å²) in [6.07, 6.45) is -4.48. The summed E-state index contributed by atoms with van der Waals surface area (Å²) < 4.78 is 38.5. The predicted octanol–water partition coefficient (Wildman–Crippen LogP) is 2.77. The van der Waals surface area contributed by atoms with E-state index in [1.54, 1.807) is 0 Å². The van der Waals surface area contributed by atoms with Gasteiger partial charge in [-0.05, 0) is 45.9 Å². The van der Waals surface area contributed by atoms with Crippen LogP contribution in [0.4, 0.5) is 13.2 Å². The van der Waals surface area contributed by atoms with Gasteiger partial charge in [-0.3, -0.25) is 14.5 Å². The average molecular weight is 385 g/mol. The highest BCUT2D eigenvalue weighted by Crippen LogP contribution is 2.29. The van der Waals surface area contributed by atoms with E-state index < -0.39 is 17.6 Å². The largest absolute Gasteiger partial charge is 0.416 e. The molecule has 1 N–H and O–H groups in total. The Kier molecular flexibility index (Phi) is 6.19. The first kappa shape index (κ1) is 21.2. The summed E-state index contributed by atoms with van der Waals surface area (Å²) in [5.74, 6) is -0.507. The second-order valence-electron chi connectivity index (χ2n) is 7.82. The minimum atomic E-state index is -4.48. The Morgan fingerprint density at radius 3 is 2.19 bits per heavy atom. The third kappa shape index (κ3) is 5.69. The Morgan fingerprint density at radius 1 is 1.07 bits per heavy atom. The number of carbonyl (C=O) groups is 2. The van der Waals surface area contributed by atoms with Gasteiger partial charge in [0.2, 0.25) is 5.91 Å². The molecule has 1 heterocycles. The average Bonchev–Trinajstić information content (AvgIpc) is 2.58. The van der Waals surface area contributed by atoms with Crippen LogP contribution >= 0.6 is 0 Å². The quantitative estimate of drug-likeness (QED) is 0.871. The smallest absolute Gasteiger partial charge is 0.350 e. The van der Waals surface area contributed by atoms with Gasteiger partial charge in [-0.1, -0.05) is 6.07 Å². The minimum absolute atomic E-state index is 0.0248. The lowest BCUT2D eigenvalue weighted by Crippen LogP contribution is -2.56. The molecule has 0 aliphatic carbocycles. The maximum atomic E-state index is 12.8. The van der Waals surface area contributed by atoms with E-state index in [-0.39, 0.29) is 23.1 Å². The highest BCUT2D eigenvalue weighted by Gasteiger charge is 2.32. The molecule has 2 amide bonds. The topological polar surface area (TPSA) is 52.7 Å². The molecule has 0 saturated carbocycles. The van der Waals surface area contributed by atoms with Crippen molar-refractivity contribution in [1.82, 2.24) is 15.1 Å². The first-order chi connectivity index (χ1) is 12.4. The molecule has 27 heavy (non-hydrogen) atoms. The number of nitrogens with zero attached hydrogens (tertiary/aromatic N) is 2. The summed E-state index contributed by atoms with van der Waals surface area (Å²) in [6.45, 7) is 9.23. The number of halogens is 3. The maximum absolute atomic E-state index is 12.8. The molecule has 150 valence electrons. The molecular formula is C19H26F3N3O2. The van der Waals surface area contributed by atoms with Gasteiger partial charge in [0.25, 0.3) is 5.91 Å². The number of nitrogens with one attached hydrogen (secondary N) is 1. The van der Waals surface area contributed by atoms with Gasteiger partial charge in [0.15, 0.2) is 0 Å². The van der Waals surface area contributed by atoms with Crippen LogP contribution in [0.25, 0.3) is 0 Å². The molecule has 2 rings (SSSR count). The van der Waals surface area contributed by atoms with Gasteiger partial charge in [-0.2, -0.15) is 13.2 Å². The summed E-state index contributed by atoms with van der Waals surface area (Å²) in [7, 11) is 0. The van der Waals surface area contributed by atoms with Crippen LogP contribution in [0.1, 0.15) is 43.6 Å². The SMILES string of the molecule is CC(C(=O)NC(C)(C)C)N1CCN(C(=O)c2cccc(C(F)(F)F)c2)CC1. The first-order valence-corrected chi connectivity index (χ1v) is 8.91. The monoisotopic (exact) mass is 385 g/mol. The Hall–Kier alpha value is -2.09. The van der Waals surface area contributed by atoms with Gasteiger partial charge in [-0.25, -0.2) is 0 Å².